The normalized spacial score (nSPS) is 16.5. The number of nitrogens with zero attached hydrogens (tertiary/aromatic N) is 2. The molecule has 0 bridgehead atoms. The van der Waals surface area contributed by atoms with Gasteiger partial charge in [0.05, 0.1) is 11.1 Å². The van der Waals surface area contributed by atoms with E-state index < -0.39 is 5.41 Å². The molecule has 4 heteroatoms. The summed E-state index contributed by atoms with van der Waals surface area (Å²) in [5.74, 6) is 0. The minimum absolute atomic E-state index is 0.0185. The Hall–Kier alpha value is -7.14. The van der Waals surface area contributed by atoms with Crippen LogP contribution in [0.3, 0.4) is 0 Å². The van der Waals surface area contributed by atoms with Crippen LogP contribution in [0.5, 0.6) is 0 Å². The zero-order valence-electron chi connectivity index (χ0n) is 41.8. The van der Waals surface area contributed by atoms with Gasteiger partial charge in [0.25, 0.3) is 0 Å². The first-order valence-corrected chi connectivity index (χ1v) is 26.5. The Bertz CT molecular complexity index is 3760. The first kappa shape index (κ1) is 42.7. The summed E-state index contributed by atoms with van der Waals surface area (Å²) in [6.45, 7) is 16.7. The molecule has 71 heavy (non-hydrogen) atoms. The molecular formula is C67H57BN2S. The summed E-state index contributed by atoms with van der Waals surface area (Å²) in [4.78, 5) is 5.40. The van der Waals surface area contributed by atoms with Gasteiger partial charge >= 0.3 is 6.85 Å². The standard InChI is InChI=1S/C67H57BN2S/c1-64(2,3)44-30-32-47(33-31-44)70-56-34-35-58-61(48-40-52-53(41-59(48)71-58)66(6,7)37-36-65(52,4)5)60(56)49-38-43(42-20-11-8-12-21-42)39-57-62(49)68(70)54-28-19-27-51-63(54)69(57)55-29-18-17-26-50(55)67(51,45-22-13-9-14-23-45)46-24-15-10-16-25-46/h8-35,38-41H,36-37H2,1-7H3. The Morgan fingerprint density at radius 2 is 1.13 bits per heavy atom. The van der Waals surface area contributed by atoms with Crippen molar-refractivity contribution >= 4 is 77.7 Å². The van der Waals surface area contributed by atoms with E-state index in [2.05, 4.69) is 252 Å². The van der Waals surface area contributed by atoms with Crippen LogP contribution in [0.4, 0.5) is 28.4 Å². The van der Waals surface area contributed by atoms with E-state index in [0.29, 0.717) is 0 Å². The van der Waals surface area contributed by atoms with E-state index in [1.165, 1.54) is 134 Å². The maximum absolute atomic E-state index is 2.73. The first-order chi connectivity index (χ1) is 34.3. The minimum Gasteiger partial charge on any atom is -0.376 e. The van der Waals surface area contributed by atoms with Crippen LogP contribution in [-0.2, 0) is 21.7 Å². The topological polar surface area (TPSA) is 6.48 Å². The van der Waals surface area contributed by atoms with Crippen LogP contribution in [-0.4, -0.2) is 6.85 Å². The molecule has 0 N–H and O–H groups in total. The van der Waals surface area contributed by atoms with Crippen molar-refractivity contribution in [3.05, 3.63) is 233 Å². The monoisotopic (exact) mass is 932 g/mol. The molecule has 0 saturated carbocycles. The predicted molar refractivity (Wildman–Crippen MR) is 304 cm³/mol. The van der Waals surface area contributed by atoms with Gasteiger partial charge in [0.15, 0.2) is 0 Å². The van der Waals surface area contributed by atoms with Crippen LogP contribution in [0.1, 0.15) is 100 Å². The van der Waals surface area contributed by atoms with E-state index in [9.17, 15) is 0 Å². The highest BCUT2D eigenvalue weighted by Crippen LogP contribution is 2.61. The summed E-state index contributed by atoms with van der Waals surface area (Å²) in [7, 11) is 0. The molecule has 1 aliphatic carbocycles. The highest BCUT2D eigenvalue weighted by molar-refractivity contribution is 7.26. The lowest BCUT2D eigenvalue weighted by atomic mass is 9.42. The lowest BCUT2D eigenvalue weighted by molar-refractivity contribution is 0.332. The molecule has 0 fully saturated rings. The van der Waals surface area contributed by atoms with Gasteiger partial charge in [-0.25, -0.2) is 0 Å². The van der Waals surface area contributed by atoms with Crippen LogP contribution < -0.4 is 20.6 Å². The van der Waals surface area contributed by atoms with Crippen LogP contribution in [0.15, 0.2) is 194 Å². The third-order valence-corrected chi connectivity index (χ3v) is 18.2. The van der Waals surface area contributed by atoms with Gasteiger partial charge in [-0.15, -0.1) is 11.3 Å². The number of para-hydroxylation sites is 2. The number of thiophene rings is 1. The van der Waals surface area contributed by atoms with Crippen LogP contribution in [0.2, 0.25) is 0 Å². The molecule has 4 aliphatic rings. The molecule has 0 atom stereocenters. The van der Waals surface area contributed by atoms with Gasteiger partial charge < -0.3 is 9.71 Å². The van der Waals surface area contributed by atoms with Gasteiger partial charge in [0.1, 0.15) is 0 Å². The zero-order valence-corrected chi connectivity index (χ0v) is 42.6. The molecule has 9 aromatic carbocycles. The van der Waals surface area contributed by atoms with Crippen molar-refractivity contribution in [2.45, 2.75) is 83.0 Å². The van der Waals surface area contributed by atoms with E-state index in [4.69, 9.17) is 0 Å². The third-order valence-electron chi connectivity index (χ3n) is 17.1. The summed E-state index contributed by atoms with van der Waals surface area (Å²) >= 11 is 1.97. The SMILES string of the molecule is CC(C)(C)c1ccc(N2B3c4cccc5c4N(c4ccccc4C5(c4ccccc4)c4ccccc4)c4cc(-c5ccccc5)cc(c43)-c3c2ccc2sc4cc5c(cc4c32)C(C)(C)CCC5(C)C)cc1. The molecule has 4 heterocycles. The van der Waals surface area contributed by atoms with Crippen LogP contribution in [0.25, 0.3) is 42.4 Å². The molecule has 0 amide bonds. The maximum Gasteiger partial charge on any atom is 0.333 e. The number of hydrogen-bond acceptors (Lipinski definition) is 3. The molecule has 10 aromatic rings. The quantitative estimate of drug-likeness (QED) is 0.162. The second-order valence-electron chi connectivity index (χ2n) is 23.1. The summed E-state index contributed by atoms with van der Waals surface area (Å²) in [5, 5.41) is 2.75. The van der Waals surface area contributed by atoms with Crippen molar-refractivity contribution in [2.75, 3.05) is 9.71 Å². The molecule has 344 valence electrons. The molecule has 0 unspecified atom stereocenters. The fourth-order valence-corrected chi connectivity index (χ4v) is 14.6. The summed E-state index contributed by atoms with van der Waals surface area (Å²) in [5.41, 5.74) is 23.1. The number of benzene rings is 9. The van der Waals surface area contributed by atoms with Crippen molar-refractivity contribution in [2.24, 2.45) is 0 Å². The Labute approximate surface area is 423 Å². The van der Waals surface area contributed by atoms with Gasteiger partial charge in [0, 0.05) is 48.5 Å². The minimum atomic E-state index is -0.590. The summed E-state index contributed by atoms with van der Waals surface area (Å²) < 4.78 is 2.72. The molecule has 0 saturated heterocycles. The average Bonchev–Trinajstić information content (AvgIpc) is 3.77. The largest absolute Gasteiger partial charge is 0.376 e. The van der Waals surface area contributed by atoms with Crippen molar-refractivity contribution in [3.8, 4) is 22.3 Å². The third kappa shape index (κ3) is 5.95. The fourth-order valence-electron chi connectivity index (χ4n) is 13.5. The Kier molecular flexibility index (Phi) is 8.99. The molecule has 0 spiro atoms. The van der Waals surface area contributed by atoms with Gasteiger partial charge in [-0.1, -0.05) is 188 Å². The zero-order chi connectivity index (χ0) is 48.2. The Balaban J connectivity index is 1.15. The van der Waals surface area contributed by atoms with E-state index in [0.717, 1.165) is 0 Å². The van der Waals surface area contributed by atoms with E-state index >= 15 is 0 Å². The molecule has 3 aliphatic heterocycles. The van der Waals surface area contributed by atoms with Gasteiger partial charge in [-0.05, 0) is 150 Å². The number of rotatable bonds is 4. The maximum atomic E-state index is 2.73. The fraction of sp³-hybridized carbons (Fsp3) is 0.194. The molecule has 1 aromatic heterocycles. The van der Waals surface area contributed by atoms with Crippen LogP contribution >= 0.6 is 11.3 Å². The number of fused-ring (bicyclic) bond motifs is 11. The first-order valence-electron chi connectivity index (χ1n) is 25.7. The van der Waals surface area contributed by atoms with Gasteiger partial charge in [-0.3, -0.25) is 0 Å². The number of hydrogen-bond donors (Lipinski definition) is 0. The van der Waals surface area contributed by atoms with Crippen molar-refractivity contribution in [1.82, 2.24) is 0 Å². The van der Waals surface area contributed by atoms with Crippen molar-refractivity contribution < 1.29 is 0 Å². The molecular weight excluding hydrogens is 876 g/mol. The van der Waals surface area contributed by atoms with E-state index in [1.807, 2.05) is 11.3 Å². The summed E-state index contributed by atoms with van der Waals surface area (Å²) in [6, 6.07) is 74.9. The lowest BCUT2D eigenvalue weighted by Gasteiger charge is -2.52. The molecule has 0 radical (unpaired) electrons. The second kappa shape index (κ2) is 14.9. The number of anilines is 5. The van der Waals surface area contributed by atoms with Crippen molar-refractivity contribution in [3.63, 3.8) is 0 Å². The van der Waals surface area contributed by atoms with Gasteiger partial charge in [0.2, 0.25) is 0 Å². The molecule has 2 nitrogen and oxygen atoms in total. The van der Waals surface area contributed by atoms with Crippen molar-refractivity contribution in [1.29, 1.82) is 0 Å². The highest BCUT2D eigenvalue weighted by Gasteiger charge is 2.53. The smallest absolute Gasteiger partial charge is 0.333 e. The van der Waals surface area contributed by atoms with Gasteiger partial charge in [-0.2, -0.15) is 0 Å². The Morgan fingerprint density at radius 3 is 1.80 bits per heavy atom. The molecule has 14 rings (SSSR count). The second-order valence-corrected chi connectivity index (χ2v) is 24.2. The van der Waals surface area contributed by atoms with E-state index in [-0.39, 0.29) is 23.1 Å². The Morgan fingerprint density at radius 1 is 0.507 bits per heavy atom. The summed E-state index contributed by atoms with van der Waals surface area (Å²) in [6.07, 6.45) is 2.38. The van der Waals surface area contributed by atoms with E-state index in [1.54, 1.807) is 0 Å². The predicted octanol–water partition coefficient (Wildman–Crippen LogP) is 16.8. The highest BCUT2D eigenvalue weighted by atomic mass is 32.1. The average molecular weight is 933 g/mol. The van der Waals surface area contributed by atoms with Crippen LogP contribution in [0, 0.1) is 0 Å². The lowest BCUT2D eigenvalue weighted by Crippen LogP contribution is -2.62.